The Kier molecular flexibility index (Phi) is 7.36. The van der Waals surface area contributed by atoms with Crippen LogP contribution in [-0.2, 0) is 16.1 Å². The van der Waals surface area contributed by atoms with Crippen LogP contribution in [0.15, 0.2) is 34.9 Å². The molecule has 1 aromatic heterocycles. The van der Waals surface area contributed by atoms with Gasteiger partial charge in [0.05, 0.1) is 6.54 Å². The van der Waals surface area contributed by atoms with Gasteiger partial charge in [0.1, 0.15) is 0 Å². The Morgan fingerprint density at radius 2 is 2.07 bits per heavy atom. The van der Waals surface area contributed by atoms with E-state index in [0.29, 0.717) is 31.4 Å². The van der Waals surface area contributed by atoms with Crippen molar-refractivity contribution in [3.8, 4) is 11.4 Å². The Labute approximate surface area is 160 Å². The lowest BCUT2D eigenvalue weighted by Gasteiger charge is -2.30. The largest absolute Gasteiger partial charge is 0.382 e. The van der Waals surface area contributed by atoms with Gasteiger partial charge in [0.15, 0.2) is 0 Å². The quantitative estimate of drug-likeness (QED) is 0.681. The van der Waals surface area contributed by atoms with Crippen LogP contribution in [0, 0.1) is 5.92 Å². The SMILES string of the molecule is CCOCCCNC(=O)C1CCN(Cc2nc(-c3ccccc3)no2)CC1. The molecule has 3 rings (SSSR count). The number of piperidine rings is 1. The van der Waals surface area contributed by atoms with Crippen molar-refractivity contribution in [3.05, 3.63) is 36.2 Å². The zero-order valence-electron chi connectivity index (χ0n) is 15.9. The summed E-state index contributed by atoms with van der Waals surface area (Å²) in [5.74, 6) is 1.49. The van der Waals surface area contributed by atoms with E-state index in [1.165, 1.54) is 0 Å². The van der Waals surface area contributed by atoms with Crippen molar-refractivity contribution in [3.63, 3.8) is 0 Å². The second kappa shape index (κ2) is 10.2. The third-order valence-corrected chi connectivity index (χ3v) is 4.79. The smallest absolute Gasteiger partial charge is 0.241 e. The number of benzene rings is 1. The number of carbonyl (C=O) groups is 1. The maximum absolute atomic E-state index is 12.2. The standard InChI is InChI=1S/C20H28N4O3/c1-2-26-14-6-11-21-20(25)17-9-12-24(13-10-17)15-18-22-19(23-27-18)16-7-4-3-5-8-16/h3-5,7-8,17H,2,6,9-15H2,1H3,(H,21,25). The van der Waals surface area contributed by atoms with Gasteiger partial charge in [-0.3, -0.25) is 9.69 Å². The van der Waals surface area contributed by atoms with Crippen LogP contribution in [0.5, 0.6) is 0 Å². The van der Waals surface area contributed by atoms with Gasteiger partial charge in [0.2, 0.25) is 17.6 Å². The molecule has 1 aromatic carbocycles. The first kappa shape index (κ1) is 19.5. The van der Waals surface area contributed by atoms with Crippen molar-refractivity contribution in [1.29, 1.82) is 0 Å². The molecule has 0 radical (unpaired) electrons. The van der Waals surface area contributed by atoms with E-state index in [2.05, 4.69) is 20.4 Å². The molecule has 0 saturated carbocycles. The molecule has 27 heavy (non-hydrogen) atoms. The molecular weight excluding hydrogens is 344 g/mol. The second-order valence-corrected chi connectivity index (χ2v) is 6.77. The molecule has 1 amide bonds. The van der Waals surface area contributed by atoms with Crippen molar-refractivity contribution in [1.82, 2.24) is 20.4 Å². The second-order valence-electron chi connectivity index (χ2n) is 6.77. The molecule has 0 atom stereocenters. The third kappa shape index (κ3) is 5.87. The molecule has 1 N–H and O–H groups in total. The van der Waals surface area contributed by atoms with Crippen molar-refractivity contribution in [2.24, 2.45) is 5.92 Å². The summed E-state index contributed by atoms with van der Waals surface area (Å²) in [5, 5.41) is 7.08. The van der Waals surface area contributed by atoms with Gasteiger partial charge in [-0.05, 0) is 39.3 Å². The van der Waals surface area contributed by atoms with Gasteiger partial charge in [-0.1, -0.05) is 35.5 Å². The van der Waals surface area contributed by atoms with E-state index in [1.807, 2.05) is 37.3 Å². The minimum absolute atomic E-state index is 0.0934. The van der Waals surface area contributed by atoms with Crippen LogP contribution < -0.4 is 5.32 Å². The molecule has 0 unspecified atom stereocenters. The number of hydrogen-bond acceptors (Lipinski definition) is 6. The van der Waals surface area contributed by atoms with E-state index in [9.17, 15) is 4.79 Å². The average molecular weight is 372 g/mol. The van der Waals surface area contributed by atoms with Crippen LogP contribution in [0.1, 0.15) is 32.1 Å². The van der Waals surface area contributed by atoms with Gasteiger partial charge in [-0.15, -0.1) is 0 Å². The number of amides is 1. The number of rotatable bonds is 9. The Morgan fingerprint density at radius 3 is 2.81 bits per heavy atom. The van der Waals surface area contributed by atoms with Gasteiger partial charge in [0, 0.05) is 31.2 Å². The van der Waals surface area contributed by atoms with E-state index < -0.39 is 0 Å². The Morgan fingerprint density at radius 1 is 1.30 bits per heavy atom. The molecule has 2 aromatic rings. The maximum atomic E-state index is 12.2. The molecule has 1 saturated heterocycles. The molecule has 1 aliphatic rings. The molecule has 146 valence electrons. The summed E-state index contributed by atoms with van der Waals surface area (Å²) in [6.45, 7) is 6.43. The molecule has 0 spiro atoms. The van der Waals surface area contributed by atoms with E-state index in [4.69, 9.17) is 9.26 Å². The maximum Gasteiger partial charge on any atom is 0.241 e. The highest BCUT2D eigenvalue weighted by atomic mass is 16.5. The van der Waals surface area contributed by atoms with Gasteiger partial charge in [-0.25, -0.2) is 0 Å². The van der Waals surface area contributed by atoms with Gasteiger partial charge in [0.25, 0.3) is 0 Å². The first-order chi connectivity index (χ1) is 13.3. The van der Waals surface area contributed by atoms with Crippen LogP contribution in [0.4, 0.5) is 0 Å². The predicted molar refractivity (Wildman–Crippen MR) is 102 cm³/mol. The first-order valence-electron chi connectivity index (χ1n) is 9.72. The van der Waals surface area contributed by atoms with Crippen LogP contribution in [0.2, 0.25) is 0 Å². The van der Waals surface area contributed by atoms with E-state index in [0.717, 1.165) is 44.5 Å². The Balaban J connectivity index is 1.39. The van der Waals surface area contributed by atoms with Crippen molar-refractivity contribution < 1.29 is 14.1 Å². The zero-order valence-corrected chi connectivity index (χ0v) is 15.9. The van der Waals surface area contributed by atoms with Crippen LogP contribution in [0.25, 0.3) is 11.4 Å². The number of likely N-dealkylation sites (tertiary alicyclic amines) is 1. The number of ether oxygens (including phenoxy) is 1. The molecule has 0 aliphatic carbocycles. The summed E-state index contributed by atoms with van der Waals surface area (Å²) >= 11 is 0. The van der Waals surface area contributed by atoms with E-state index in [1.54, 1.807) is 0 Å². The van der Waals surface area contributed by atoms with Crippen LogP contribution in [-0.4, -0.2) is 53.8 Å². The Hall–Kier alpha value is -2.25. The van der Waals surface area contributed by atoms with Crippen molar-refractivity contribution in [2.75, 3.05) is 32.8 Å². The highest BCUT2D eigenvalue weighted by Gasteiger charge is 2.25. The van der Waals surface area contributed by atoms with Gasteiger partial charge >= 0.3 is 0 Å². The predicted octanol–water partition coefficient (Wildman–Crippen LogP) is 2.49. The third-order valence-electron chi connectivity index (χ3n) is 4.79. The molecule has 0 bridgehead atoms. The van der Waals surface area contributed by atoms with E-state index >= 15 is 0 Å². The lowest BCUT2D eigenvalue weighted by Crippen LogP contribution is -2.40. The number of carbonyl (C=O) groups excluding carboxylic acids is 1. The highest BCUT2D eigenvalue weighted by Crippen LogP contribution is 2.20. The summed E-state index contributed by atoms with van der Waals surface area (Å²) in [6, 6.07) is 9.81. The summed E-state index contributed by atoms with van der Waals surface area (Å²) in [7, 11) is 0. The highest BCUT2D eigenvalue weighted by molar-refractivity contribution is 5.78. The number of nitrogens with one attached hydrogen (secondary N) is 1. The average Bonchev–Trinajstić information content (AvgIpc) is 3.17. The summed E-state index contributed by atoms with van der Waals surface area (Å²) in [4.78, 5) is 19.0. The number of nitrogens with zero attached hydrogens (tertiary/aromatic N) is 3. The summed E-state index contributed by atoms with van der Waals surface area (Å²) in [6.07, 6.45) is 2.58. The topological polar surface area (TPSA) is 80.5 Å². The van der Waals surface area contributed by atoms with E-state index in [-0.39, 0.29) is 11.8 Å². The summed E-state index contributed by atoms with van der Waals surface area (Å²) in [5.41, 5.74) is 0.951. The minimum atomic E-state index is 0.0934. The first-order valence-corrected chi connectivity index (χ1v) is 9.72. The lowest BCUT2D eigenvalue weighted by atomic mass is 9.96. The number of hydrogen-bond donors (Lipinski definition) is 1. The minimum Gasteiger partial charge on any atom is -0.382 e. The monoisotopic (exact) mass is 372 g/mol. The fourth-order valence-electron chi connectivity index (χ4n) is 3.24. The molecule has 7 nitrogen and oxygen atoms in total. The normalized spacial score (nSPS) is 15.7. The molecule has 1 aliphatic heterocycles. The van der Waals surface area contributed by atoms with Crippen molar-refractivity contribution >= 4 is 5.91 Å². The van der Waals surface area contributed by atoms with Crippen LogP contribution >= 0.6 is 0 Å². The van der Waals surface area contributed by atoms with Crippen molar-refractivity contribution in [2.45, 2.75) is 32.7 Å². The fourth-order valence-corrected chi connectivity index (χ4v) is 3.24. The molecule has 2 heterocycles. The molecular formula is C20H28N4O3. The molecule has 7 heteroatoms. The lowest BCUT2D eigenvalue weighted by molar-refractivity contribution is -0.126. The molecule has 1 fully saturated rings. The van der Waals surface area contributed by atoms with Gasteiger partial charge < -0.3 is 14.6 Å². The van der Waals surface area contributed by atoms with Gasteiger partial charge in [-0.2, -0.15) is 4.98 Å². The zero-order chi connectivity index (χ0) is 18.9. The Bertz CT molecular complexity index is 696. The summed E-state index contributed by atoms with van der Waals surface area (Å²) < 4.78 is 10.7. The van der Waals surface area contributed by atoms with Crippen LogP contribution in [0.3, 0.4) is 0 Å². The fraction of sp³-hybridized carbons (Fsp3) is 0.550. The number of aromatic nitrogens is 2.